The minimum Gasteiger partial charge on any atom is -0.377 e. The molecule has 3 heteroatoms. The zero-order chi connectivity index (χ0) is 15.2. The smallest absolute Gasteiger partial charge is 0.0992 e. The standard InChI is InChI=1S/C18H19BrN2/c1-13(2)10-18(15-6-4-3-5-7-15)21-17-9-8-14(12-20)11-16(17)19/h3-9,11,13,18,21H,10H2,1-2H3. The average Bonchev–Trinajstić information content (AvgIpc) is 2.49. The van der Waals surface area contributed by atoms with E-state index < -0.39 is 0 Å². The lowest BCUT2D eigenvalue weighted by molar-refractivity contribution is 0.531. The Balaban J connectivity index is 2.25. The van der Waals surface area contributed by atoms with Crippen LogP contribution in [0.5, 0.6) is 0 Å². The summed E-state index contributed by atoms with van der Waals surface area (Å²) in [5.74, 6) is 0.597. The molecule has 0 radical (unpaired) electrons. The Morgan fingerprint density at radius 3 is 2.43 bits per heavy atom. The molecule has 0 heterocycles. The lowest BCUT2D eigenvalue weighted by Crippen LogP contribution is -2.13. The van der Waals surface area contributed by atoms with E-state index in [-0.39, 0.29) is 6.04 Å². The van der Waals surface area contributed by atoms with Gasteiger partial charge in [0.1, 0.15) is 0 Å². The number of rotatable bonds is 5. The summed E-state index contributed by atoms with van der Waals surface area (Å²) in [7, 11) is 0. The van der Waals surface area contributed by atoms with Crippen LogP contribution in [-0.2, 0) is 0 Å². The SMILES string of the molecule is CC(C)CC(Nc1ccc(C#N)cc1Br)c1ccccc1. The van der Waals surface area contributed by atoms with Crippen LogP contribution in [0, 0.1) is 17.2 Å². The average molecular weight is 343 g/mol. The summed E-state index contributed by atoms with van der Waals surface area (Å²) < 4.78 is 0.922. The minimum atomic E-state index is 0.260. The zero-order valence-corrected chi connectivity index (χ0v) is 13.9. The van der Waals surface area contributed by atoms with Gasteiger partial charge in [-0.1, -0.05) is 44.2 Å². The van der Waals surface area contributed by atoms with E-state index in [2.05, 4.69) is 65.4 Å². The number of nitrogens with zero attached hydrogens (tertiary/aromatic N) is 1. The molecule has 0 aliphatic rings. The highest BCUT2D eigenvalue weighted by Crippen LogP contribution is 2.30. The van der Waals surface area contributed by atoms with E-state index in [1.807, 2.05) is 24.3 Å². The van der Waals surface area contributed by atoms with Crippen LogP contribution in [0.25, 0.3) is 0 Å². The van der Waals surface area contributed by atoms with Gasteiger partial charge in [-0.05, 0) is 52.0 Å². The number of anilines is 1. The third-order valence-electron chi connectivity index (χ3n) is 3.34. The molecule has 0 aliphatic heterocycles. The molecule has 1 N–H and O–H groups in total. The van der Waals surface area contributed by atoms with Crippen molar-refractivity contribution in [2.45, 2.75) is 26.3 Å². The molecule has 0 bridgehead atoms. The topological polar surface area (TPSA) is 35.8 Å². The van der Waals surface area contributed by atoms with E-state index in [0.29, 0.717) is 11.5 Å². The molecule has 2 rings (SSSR count). The van der Waals surface area contributed by atoms with E-state index in [4.69, 9.17) is 5.26 Å². The first kappa shape index (κ1) is 15.6. The van der Waals surface area contributed by atoms with Crippen LogP contribution in [0.1, 0.15) is 37.4 Å². The molecule has 1 atom stereocenters. The normalized spacial score (nSPS) is 12.0. The molecule has 0 aromatic heterocycles. The molecule has 0 fully saturated rings. The fourth-order valence-corrected chi connectivity index (χ4v) is 2.82. The van der Waals surface area contributed by atoms with Crippen LogP contribution in [-0.4, -0.2) is 0 Å². The number of halogens is 1. The summed E-state index contributed by atoms with van der Waals surface area (Å²) in [6.45, 7) is 4.46. The van der Waals surface area contributed by atoms with E-state index in [1.165, 1.54) is 5.56 Å². The van der Waals surface area contributed by atoms with Crippen molar-refractivity contribution in [3.05, 3.63) is 64.1 Å². The first-order valence-corrected chi connectivity index (χ1v) is 7.90. The van der Waals surface area contributed by atoms with Gasteiger partial charge in [0, 0.05) is 10.2 Å². The molecule has 2 aromatic carbocycles. The number of nitrogens with one attached hydrogen (secondary N) is 1. The number of benzene rings is 2. The largest absolute Gasteiger partial charge is 0.377 e. The minimum absolute atomic E-state index is 0.260. The zero-order valence-electron chi connectivity index (χ0n) is 12.3. The van der Waals surface area contributed by atoms with Crippen molar-refractivity contribution < 1.29 is 0 Å². The van der Waals surface area contributed by atoms with E-state index in [0.717, 1.165) is 16.6 Å². The molecule has 1 unspecified atom stereocenters. The number of hydrogen-bond acceptors (Lipinski definition) is 2. The van der Waals surface area contributed by atoms with E-state index in [1.54, 1.807) is 0 Å². The molecule has 0 spiro atoms. The van der Waals surface area contributed by atoms with Gasteiger partial charge in [-0.15, -0.1) is 0 Å². The molecular weight excluding hydrogens is 324 g/mol. The van der Waals surface area contributed by atoms with Crippen LogP contribution in [0.15, 0.2) is 53.0 Å². The molecule has 21 heavy (non-hydrogen) atoms. The van der Waals surface area contributed by atoms with Crippen LogP contribution in [0.3, 0.4) is 0 Å². The Morgan fingerprint density at radius 2 is 1.86 bits per heavy atom. The summed E-state index contributed by atoms with van der Waals surface area (Å²) in [6.07, 6.45) is 1.05. The summed E-state index contributed by atoms with van der Waals surface area (Å²) in [5.41, 5.74) is 2.96. The molecule has 108 valence electrons. The van der Waals surface area contributed by atoms with Gasteiger partial charge in [0.05, 0.1) is 17.7 Å². The van der Waals surface area contributed by atoms with Gasteiger partial charge in [-0.2, -0.15) is 5.26 Å². The maximum atomic E-state index is 8.94. The maximum absolute atomic E-state index is 8.94. The summed E-state index contributed by atoms with van der Waals surface area (Å²) in [6, 6.07) is 18.5. The number of hydrogen-bond donors (Lipinski definition) is 1. The third kappa shape index (κ3) is 4.34. The summed E-state index contributed by atoms with van der Waals surface area (Å²) in [5, 5.41) is 12.5. The predicted molar refractivity (Wildman–Crippen MR) is 91.1 cm³/mol. The predicted octanol–water partition coefficient (Wildman–Crippen LogP) is 5.52. The van der Waals surface area contributed by atoms with Crippen molar-refractivity contribution in [2.24, 2.45) is 5.92 Å². The van der Waals surface area contributed by atoms with Gasteiger partial charge in [-0.25, -0.2) is 0 Å². The first-order valence-electron chi connectivity index (χ1n) is 7.11. The molecular formula is C18H19BrN2. The Labute approximate surface area is 134 Å². The van der Waals surface area contributed by atoms with Gasteiger partial charge in [0.25, 0.3) is 0 Å². The fourth-order valence-electron chi connectivity index (χ4n) is 2.32. The van der Waals surface area contributed by atoms with Gasteiger partial charge < -0.3 is 5.32 Å². The van der Waals surface area contributed by atoms with Crippen molar-refractivity contribution in [3.63, 3.8) is 0 Å². The molecule has 0 amide bonds. The molecule has 0 aliphatic carbocycles. The van der Waals surface area contributed by atoms with Crippen molar-refractivity contribution in [1.82, 2.24) is 0 Å². The second-order valence-electron chi connectivity index (χ2n) is 5.54. The Bertz CT molecular complexity index is 629. The lowest BCUT2D eigenvalue weighted by Gasteiger charge is -2.23. The summed E-state index contributed by atoms with van der Waals surface area (Å²) in [4.78, 5) is 0. The molecule has 2 aromatic rings. The molecule has 2 nitrogen and oxygen atoms in total. The summed E-state index contributed by atoms with van der Waals surface area (Å²) >= 11 is 3.54. The number of nitriles is 1. The highest BCUT2D eigenvalue weighted by Gasteiger charge is 2.14. The van der Waals surface area contributed by atoms with Crippen molar-refractivity contribution in [1.29, 1.82) is 5.26 Å². The van der Waals surface area contributed by atoms with Crippen LogP contribution in [0.2, 0.25) is 0 Å². The Kier molecular flexibility index (Phi) is 5.41. The molecule has 0 saturated heterocycles. The second-order valence-corrected chi connectivity index (χ2v) is 6.40. The monoisotopic (exact) mass is 342 g/mol. The maximum Gasteiger partial charge on any atom is 0.0992 e. The Morgan fingerprint density at radius 1 is 1.14 bits per heavy atom. The van der Waals surface area contributed by atoms with Crippen LogP contribution in [0.4, 0.5) is 5.69 Å². The van der Waals surface area contributed by atoms with Crippen LogP contribution < -0.4 is 5.32 Å². The first-order chi connectivity index (χ1) is 10.1. The van der Waals surface area contributed by atoms with Gasteiger partial charge in [0.2, 0.25) is 0 Å². The molecule has 0 saturated carbocycles. The quantitative estimate of drug-likeness (QED) is 0.776. The lowest BCUT2D eigenvalue weighted by atomic mass is 9.96. The highest BCUT2D eigenvalue weighted by atomic mass is 79.9. The van der Waals surface area contributed by atoms with Crippen molar-refractivity contribution in [2.75, 3.05) is 5.32 Å². The van der Waals surface area contributed by atoms with E-state index >= 15 is 0 Å². The van der Waals surface area contributed by atoms with E-state index in [9.17, 15) is 0 Å². The van der Waals surface area contributed by atoms with Crippen molar-refractivity contribution >= 4 is 21.6 Å². The van der Waals surface area contributed by atoms with Crippen molar-refractivity contribution in [3.8, 4) is 6.07 Å². The Hall–Kier alpha value is -1.79. The van der Waals surface area contributed by atoms with Gasteiger partial charge >= 0.3 is 0 Å². The van der Waals surface area contributed by atoms with Crippen LogP contribution >= 0.6 is 15.9 Å². The third-order valence-corrected chi connectivity index (χ3v) is 3.99. The second kappa shape index (κ2) is 7.28. The van der Waals surface area contributed by atoms with Gasteiger partial charge in [-0.3, -0.25) is 0 Å². The highest BCUT2D eigenvalue weighted by molar-refractivity contribution is 9.10. The fraction of sp³-hybridized carbons (Fsp3) is 0.278. The van der Waals surface area contributed by atoms with Gasteiger partial charge in [0.15, 0.2) is 0 Å².